The van der Waals surface area contributed by atoms with E-state index in [1.165, 1.54) is 6.33 Å². The van der Waals surface area contributed by atoms with Crippen LogP contribution in [-0.2, 0) is 24.2 Å². The quantitative estimate of drug-likeness (QED) is 0.424. The normalized spacial score (nSPS) is 25.9. The van der Waals surface area contributed by atoms with Crippen LogP contribution in [0.25, 0.3) is 21.9 Å². The highest BCUT2D eigenvalue weighted by molar-refractivity contribution is 7.89. The molecule has 11 nitrogen and oxygen atoms in total. The van der Waals surface area contributed by atoms with Gasteiger partial charge in [-0.05, 0) is 36.8 Å². The van der Waals surface area contributed by atoms with Gasteiger partial charge in [-0.2, -0.15) is 0 Å². The number of ether oxygens (including phenoxy) is 3. The minimum atomic E-state index is -3.79. The van der Waals surface area contributed by atoms with Gasteiger partial charge in [-0.1, -0.05) is 30.3 Å². The van der Waals surface area contributed by atoms with E-state index in [2.05, 4.69) is 19.7 Å². The van der Waals surface area contributed by atoms with Crippen molar-refractivity contribution in [2.45, 2.75) is 49.1 Å². The minimum absolute atomic E-state index is 0.00395. The van der Waals surface area contributed by atoms with Crippen LogP contribution in [-0.4, -0.2) is 58.6 Å². The van der Waals surface area contributed by atoms with E-state index < -0.39 is 40.4 Å². The van der Waals surface area contributed by atoms with Crippen molar-refractivity contribution in [2.24, 2.45) is 0 Å². The Morgan fingerprint density at radius 2 is 1.83 bits per heavy atom. The number of nitrogens with two attached hydrogens (primary N) is 1. The number of benzene rings is 2. The van der Waals surface area contributed by atoms with Crippen LogP contribution >= 0.6 is 0 Å². The number of imidazole rings is 1. The number of sulfonamides is 1. The smallest absolute Gasteiger partial charge is 0.240 e. The van der Waals surface area contributed by atoms with E-state index in [0.29, 0.717) is 11.2 Å². The standard InChI is InChI=1S/C23H24N6O5S/c1-23(2)33-18-16(10-28-35(30,31)15-8-7-13-5-3-4-6-14(13)9-15)32-22(19(18)34-23)29-12-27-17-20(24)25-11-26-21(17)29/h3-9,11-12,16,18-19,22,28H,10H2,1-2H3,(H2,24,25,26)/t16-,18-,19-,22-/m1/s1. The van der Waals surface area contributed by atoms with Gasteiger partial charge < -0.3 is 19.9 Å². The fourth-order valence-corrected chi connectivity index (χ4v) is 5.79. The third-order valence-electron chi connectivity index (χ3n) is 6.29. The zero-order chi connectivity index (χ0) is 24.4. The SMILES string of the molecule is CC1(C)O[C@@H]2[C@H](O1)[C@@H](CNS(=O)(=O)c1ccc3ccccc3c1)O[C@H]2n1cnc2c(N)ncnc21. The van der Waals surface area contributed by atoms with E-state index in [0.717, 1.165) is 10.8 Å². The van der Waals surface area contributed by atoms with Crippen molar-refractivity contribution in [3.63, 3.8) is 0 Å². The molecule has 2 aromatic heterocycles. The summed E-state index contributed by atoms with van der Waals surface area (Å²) in [7, 11) is -3.79. The molecule has 3 N–H and O–H groups in total. The summed E-state index contributed by atoms with van der Waals surface area (Å²) in [4.78, 5) is 12.8. The summed E-state index contributed by atoms with van der Waals surface area (Å²) < 4.78 is 49.1. The van der Waals surface area contributed by atoms with Crippen LogP contribution in [0.15, 0.2) is 60.0 Å². The van der Waals surface area contributed by atoms with E-state index in [4.69, 9.17) is 19.9 Å². The second-order valence-electron chi connectivity index (χ2n) is 9.07. The largest absolute Gasteiger partial charge is 0.382 e. The molecule has 0 spiro atoms. The molecule has 6 rings (SSSR count). The zero-order valence-electron chi connectivity index (χ0n) is 19.0. The van der Waals surface area contributed by atoms with Crippen molar-refractivity contribution in [1.82, 2.24) is 24.2 Å². The van der Waals surface area contributed by atoms with Crippen LogP contribution in [0, 0.1) is 0 Å². The summed E-state index contributed by atoms with van der Waals surface area (Å²) in [5, 5.41) is 1.81. The average Bonchev–Trinajstić information content (AvgIpc) is 3.49. The third-order valence-corrected chi connectivity index (χ3v) is 7.71. The predicted molar refractivity (Wildman–Crippen MR) is 127 cm³/mol. The van der Waals surface area contributed by atoms with Gasteiger partial charge in [0.05, 0.1) is 11.2 Å². The van der Waals surface area contributed by atoms with Crippen LogP contribution < -0.4 is 10.5 Å². The first-order valence-electron chi connectivity index (χ1n) is 11.1. The van der Waals surface area contributed by atoms with Gasteiger partial charge in [0.25, 0.3) is 0 Å². The van der Waals surface area contributed by atoms with Crippen LogP contribution in [0.1, 0.15) is 20.1 Å². The lowest BCUT2D eigenvalue weighted by Gasteiger charge is -2.25. The number of anilines is 1. The molecule has 0 bridgehead atoms. The lowest BCUT2D eigenvalue weighted by molar-refractivity contribution is -0.195. The lowest BCUT2D eigenvalue weighted by atomic mass is 10.1. The van der Waals surface area contributed by atoms with Gasteiger partial charge in [-0.25, -0.2) is 28.1 Å². The lowest BCUT2D eigenvalue weighted by Crippen LogP contribution is -2.39. The molecule has 2 fully saturated rings. The highest BCUT2D eigenvalue weighted by Gasteiger charge is 2.56. The maximum absolute atomic E-state index is 13.1. The van der Waals surface area contributed by atoms with Gasteiger partial charge in [-0.15, -0.1) is 0 Å². The van der Waals surface area contributed by atoms with Crippen LogP contribution in [0.4, 0.5) is 5.82 Å². The summed E-state index contributed by atoms with van der Waals surface area (Å²) in [5.41, 5.74) is 6.87. The number of aromatic nitrogens is 4. The van der Waals surface area contributed by atoms with Gasteiger partial charge in [0, 0.05) is 6.54 Å². The number of hydrogen-bond donors (Lipinski definition) is 2. The van der Waals surface area contributed by atoms with Gasteiger partial charge in [0.2, 0.25) is 10.0 Å². The number of nitrogen functional groups attached to an aromatic ring is 1. The number of hydrogen-bond acceptors (Lipinski definition) is 9. The molecule has 0 saturated carbocycles. The summed E-state index contributed by atoms with van der Waals surface area (Å²) in [6.45, 7) is 3.62. The van der Waals surface area contributed by atoms with Gasteiger partial charge >= 0.3 is 0 Å². The molecule has 182 valence electrons. The molecule has 4 heterocycles. The second-order valence-corrected chi connectivity index (χ2v) is 10.8. The van der Waals surface area contributed by atoms with E-state index in [9.17, 15) is 8.42 Å². The maximum atomic E-state index is 13.1. The molecule has 0 radical (unpaired) electrons. The molecule has 2 aromatic carbocycles. The number of rotatable bonds is 5. The highest BCUT2D eigenvalue weighted by Crippen LogP contribution is 2.43. The number of fused-ring (bicyclic) bond motifs is 3. The average molecular weight is 497 g/mol. The Kier molecular flexibility index (Phi) is 5.06. The van der Waals surface area contributed by atoms with Gasteiger partial charge in [0.15, 0.2) is 23.5 Å². The molecule has 4 aromatic rings. The Balaban J connectivity index is 1.27. The van der Waals surface area contributed by atoms with Crippen LogP contribution in [0.5, 0.6) is 0 Å². The molecule has 0 amide bonds. The molecular weight excluding hydrogens is 472 g/mol. The first kappa shape index (κ1) is 22.3. The molecule has 2 aliphatic heterocycles. The van der Waals surface area contributed by atoms with Crippen LogP contribution in [0.3, 0.4) is 0 Å². The summed E-state index contributed by atoms with van der Waals surface area (Å²) in [5.74, 6) is -0.607. The predicted octanol–water partition coefficient (Wildman–Crippen LogP) is 1.96. The molecule has 0 unspecified atom stereocenters. The molecular formula is C23H24N6O5S. The van der Waals surface area contributed by atoms with Crippen molar-refractivity contribution in [3.05, 3.63) is 55.1 Å². The monoisotopic (exact) mass is 496 g/mol. The maximum Gasteiger partial charge on any atom is 0.240 e. The Hall–Kier alpha value is -3.16. The Morgan fingerprint density at radius 3 is 2.66 bits per heavy atom. The number of nitrogens with zero attached hydrogens (tertiary/aromatic N) is 4. The van der Waals surface area contributed by atoms with Crippen molar-refractivity contribution in [1.29, 1.82) is 0 Å². The Bertz CT molecular complexity index is 1540. The van der Waals surface area contributed by atoms with Crippen molar-refractivity contribution < 1.29 is 22.6 Å². The Morgan fingerprint density at radius 1 is 1.06 bits per heavy atom. The van der Waals surface area contributed by atoms with Gasteiger partial charge in [0.1, 0.15) is 30.2 Å². The van der Waals surface area contributed by atoms with Crippen molar-refractivity contribution in [3.8, 4) is 0 Å². The Labute approximate surface area is 201 Å². The second kappa shape index (κ2) is 7.93. The van der Waals surface area contributed by atoms with Gasteiger partial charge in [-0.3, -0.25) is 4.57 Å². The fraction of sp³-hybridized carbons (Fsp3) is 0.348. The summed E-state index contributed by atoms with van der Waals surface area (Å²) in [6.07, 6.45) is 0.649. The zero-order valence-corrected chi connectivity index (χ0v) is 19.8. The highest BCUT2D eigenvalue weighted by atomic mass is 32.2. The van der Waals surface area contributed by atoms with Crippen molar-refractivity contribution in [2.75, 3.05) is 12.3 Å². The van der Waals surface area contributed by atoms with E-state index in [1.54, 1.807) is 29.1 Å². The number of nitrogens with one attached hydrogen (secondary N) is 1. The molecule has 2 saturated heterocycles. The molecule has 4 atom stereocenters. The molecule has 0 aliphatic carbocycles. The fourth-order valence-electron chi connectivity index (χ4n) is 4.71. The summed E-state index contributed by atoms with van der Waals surface area (Å²) in [6, 6.07) is 12.6. The first-order valence-corrected chi connectivity index (χ1v) is 12.6. The third kappa shape index (κ3) is 3.83. The summed E-state index contributed by atoms with van der Waals surface area (Å²) >= 11 is 0. The minimum Gasteiger partial charge on any atom is -0.382 e. The van der Waals surface area contributed by atoms with E-state index >= 15 is 0 Å². The van der Waals surface area contributed by atoms with Crippen molar-refractivity contribution >= 4 is 37.8 Å². The van der Waals surface area contributed by atoms with Crippen LogP contribution in [0.2, 0.25) is 0 Å². The molecule has 2 aliphatic rings. The topological polar surface area (TPSA) is 143 Å². The van der Waals surface area contributed by atoms with E-state index in [-0.39, 0.29) is 17.3 Å². The molecule has 35 heavy (non-hydrogen) atoms. The molecule has 12 heteroatoms. The van der Waals surface area contributed by atoms with E-state index in [1.807, 2.05) is 38.1 Å². The first-order chi connectivity index (χ1) is 16.7.